The second-order valence-corrected chi connectivity index (χ2v) is 6.62. The Morgan fingerprint density at radius 3 is 2.36 bits per heavy atom. The van der Waals surface area contributed by atoms with Crippen LogP contribution in [-0.2, 0) is 0 Å². The number of halogens is 1. The minimum atomic E-state index is -0.518. The van der Waals surface area contributed by atoms with E-state index >= 15 is 0 Å². The number of rotatable bonds is 7. The number of nitrogens with zero attached hydrogens (tertiary/aromatic N) is 1. The molecule has 2 aromatic carbocycles. The Balaban J connectivity index is 2.11. The Bertz CT molecular complexity index is 603. The van der Waals surface area contributed by atoms with E-state index in [1.165, 1.54) is 17.8 Å². The van der Waals surface area contributed by atoms with Crippen LogP contribution in [0.1, 0.15) is 24.5 Å². The van der Waals surface area contributed by atoms with Crippen LogP contribution in [0, 0.1) is 5.82 Å². The minimum Gasteiger partial charge on any atom is -0.388 e. The Hall–Kier alpha value is -1.36. The van der Waals surface area contributed by atoms with E-state index in [9.17, 15) is 9.50 Å². The maximum absolute atomic E-state index is 13.8. The van der Waals surface area contributed by atoms with E-state index in [0.717, 1.165) is 23.4 Å². The monoisotopic (exact) mass is 319 g/mol. The molecule has 0 saturated carbocycles. The van der Waals surface area contributed by atoms with E-state index in [0.29, 0.717) is 11.3 Å². The van der Waals surface area contributed by atoms with Crippen LogP contribution in [0.25, 0.3) is 0 Å². The van der Waals surface area contributed by atoms with Gasteiger partial charge in [0, 0.05) is 9.79 Å². The third-order valence-electron chi connectivity index (χ3n) is 3.42. The van der Waals surface area contributed by atoms with Crippen LogP contribution in [0.15, 0.2) is 58.3 Å². The maximum atomic E-state index is 13.8. The fourth-order valence-electron chi connectivity index (χ4n) is 2.25. The van der Waals surface area contributed by atoms with Gasteiger partial charge in [0.2, 0.25) is 0 Å². The van der Waals surface area contributed by atoms with Crippen molar-refractivity contribution in [1.29, 1.82) is 0 Å². The highest BCUT2D eigenvalue weighted by Crippen LogP contribution is 2.35. The summed E-state index contributed by atoms with van der Waals surface area (Å²) in [6.07, 6.45) is 1.11. The molecule has 4 heteroatoms. The number of aliphatic hydroxyl groups is 1. The van der Waals surface area contributed by atoms with E-state index in [1.54, 1.807) is 12.1 Å². The van der Waals surface area contributed by atoms with Crippen LogP contribution in [-0.4, -0.2) is 30.6 Å². The van der Waals surface area contributed by atoms with Crippen molar-refractivity contribution in [2.75, 3.05) is 20.6 Å². The summed E-state index contributed by atoms with van der Waals surface area (Å²) in [5.41, 5.74) is 0.870. The van der Waals surface area contributed by atoms with Crippen molar-refractivity contribution in [3.05, 3.63) is 59.9 Å². The molecule has 0 heterocycles. The summed E-state index contributed by atoms with van der Waals surface area (Å²) < 4.78 is 13.8. The highest BCUT2D eigenvalue weighted by molar-refractivity contribution is 7.99. The van der Waals surface area contributed by atoms with Crippen molar-refractivity contribution in [3.63, 3.8) is 0 Å². The zero-order valence-electron chi connectivity index (χ0n) is 13.0. The molecule has 0 radical (unpaired) electrons. The molecule has 2 rings (SSSR count). The zero-order chi connectivity index (χ0) is 15.9. The van der Waals surface area contributed by atoms with Crippen molar-refractivity contribution < 1.29 is 9.50 Å². The summed E-state index contributed by atoms with van der Waals surface area (Å²) in [6, 6.07) is 14.4. The van der Waals surface area contributed by atoms with Crippen molar-refractivity contribution in [1.82, 2.24) is 4.90 Å². The molecule has 0 aliphatic carbocycles. The lowest BCUT2D eigenvalue weighted by molar-refractivity contribution is 0.157. The lowest BCUT2D eigenvalue weighted by Gasteiger charge is -2.16. The van der Waals surface area contributed by atoms with Gasteiger partial charge in [0.15, 0.2) is 0 Å². The van der Waals surface area contributed by atoms with Crippen LogP contribution >= 0.6 is 11.8 Å². The van der Waals surface area contributed by atoms with Gasteiger partial charge in [-0.15, -0.1) is 0 Å². The van der Waals surface area contributed by atoms with Gasteiger partial charge in [-0.1, -0.05) is 42.1 Å². The molecule has 0 aliphatic heterocycles. The van der Waals surface area contributed by atoms with Gasteiger partial charge in [-0.3, -0.25) is 0 Å². The standard InChI is InChI=1S/C18H22FNOS/c1-20(2)13-7-10-16(21)14-8-3-5-11-17(14)22-18-12-6-4-9-15(18)19/h3-6,8-9,11-12,16,21H,7,10,13H2,1-2H3. The smallest absolute Gasteiger partial charge is 0.137 e. The molecule has 2 nitrogen and oxygen atoms in total. The number of hydrogen-bond acceptors (Lipinski definition) is 3. The van der Waals surface area contributed by atoms with Crippen molar-refractivity contribution in [3.8, 4) is 0 Å². The molecule has 0 aliphatic rings. The van der Waals surface area contributed by atoms with Crippen molar-refractivity contribution in [2.45, 2.75) is 28.7 Å². The molecule has 22 heavy (non-hydrogen) atoms. The SMILES string of the molecule is CN(C)CCCC(O)c1ccccc1Sc1ccccc1F. The van der Waals surface area contributed by atoms with Gasteiger partial charge in [0.25, 0.3) is 0 Å². The molecular weight excluding hydrogens is 297 g/mol. The van der Waals surface area contributed by atoms with Crippen LogP contribution in [0.3, 0.4) is 0 Å². The molecule has 0 fully saturated rings. The average Bonchev–Trinajstić information content (AvgIpc) is 2.49. The first-order valence-corrected chi connectivity index (χ1v) is 8.23. The lowest BCUT2D eigenvalue weighted by Crippen LogP contribution is -2.14. The maximum Gasteiger partial charge on any atom is 0.137 e. The normalized spacial score (nSPS) is 12.6. The molecule has 0 bridgehead atoms. The number of hydrogen-bond donors (Lipinski definition) is 1. The molecule has 0 spiro atoms. The average molecular weight is 319 g/mol. The molecular formula is C18H22FNOS. The molecule has 1 unspecified atom stereocenters. The van der Waals surface area contributed by atoms with Crippen LogP contribution in [0.4, 0.5) is 4.39 Å². The summed E-state index contributed by atoms with van der Waals surface area (Å²) in [6.45, 7) is 0.944. The molecule has 0 saturated heterocycles. The fourth-order valence-corrected chi connectivity index (χ4v) is 3.27. The minimum absolute atomic E-state index is 0.232. The van der Waals surface area contributed by atoms with E-state index in [2.05, 4.69) is 4.90 Å². The number of benzene rings is 2. The molecule has 0 amide bonds. The topological polar surface area (TPSA) is 23.5 Å². The van der Waals surface area contributed by atoms with Crippen molar-refractivity contribution in [2.24, 2.45) is 0 Å². The van der Waals surface area contributed by atoms with Gasteiger partial charge in [-0.05, 0) is 57.2 Å². The fraction of sp³-hybridized carbons (Fsp3) is 0.333. The van der Waals surface area contributed by atoms with Gasteiger partial charge < -0.3 is 10.0 Å². The van der Waals surface area contributed by atoms with Crippen molar-refractivity contribution >= 4 is 11.8 Å². The Morgan fingerprint density at radius 2 is 1.68 bits per heavy atom. The summed E-state index contributed by atoms with van der Waals surface area (Å²) >= 11 is 1.36. The van der Waals surface area contributed by atoms with Crippen LogP contribution in [0.5, 0.6) is 0 Å². The first-order valence-electron chi connectivity index (χ1n) is 7.42. The third-order valence-corrected chi connectivity index (χ3v) is 4.56. The van der Waals surface area contributed by atoms with Gasteiger partial charge in [-0.2, -0.15) is 0 Å². The Labute approximate surface area is 136 Å². The van der Waals surface area contributed by atoms with E-state index < -0.39 is 6.10 Å². The van der Waals surface area contributed by atoms with E-state index in [4.69, 9.17) is 0 Å². The number of aliphatic hydroxyl groups excluding tert-OH is 1. The quantitative estimate of drug-likeness (QED) is 0.820. The Morgan fingerprint density at radius 1 is 1.05 bits per heavy atom. The summed E-state index contributed by atoms with van der Waals surface area (Å²) in [7, 11) is 4.04. The molecule has 0 aromatic heterocycles. The molecule has 118 valence electrons. The van der Waals surface area contributed by atoms with Gasteiger partial charge >= 0.3 is 0 Å². The first kappa shape index (κ1) is 17.0. The predicted molar refractivity (Wildman–Crippen MR) is 89.7 cm³/mol. The summed E-state index contributed by atoms with van der Waals surface area (Å²) in [5, 5.41) is 10.4. The second kappa shape index (κ2) is 8.32. The third kappa shape index (κ3) is 4.83. The summed E-state index contributed by atoms with van der Waals surface area (Å²) in [4.78, 5) is 3.59. The largest absolute Gasteiger partial charge is 0.388 e. The molecule has 1 atom stereocenters. The zero-order valence-corrected chi connectivity index (χ0v) is 13.8. The van der Waals surface area contributed by atoms with Gasteiger partial charge in [0.1, 0.15) is 5.82 Å². The second-order valence-electron chi connectivity index (χ2n) is 5.53. The van der Waals surface area contributed by atoms with Crippen LogP contribution < -0.4 is 0 Å². The van der Waals surface area contributed by atoms with E-state index in [1.807, 2.05) is 44.4 Å². The lowest BCUT2D eigenvalue weighted by atomic mass is 10.0. The Kier molecular flexibility index (Phi) is 6.43. The van der Waals surface area contributed by atoms with Gasteiger partial charge in [-0.25, -0.2) is 4.39 Å². The molecule has 2 aromatic rings. The summed E-state index contributed by atoms with van der Waals surface area (Å²) in [5.74, 6) is -0.232. The predicted octanol–water partition coefficient (Wildman–Crippen LogP) is 4.35. The first-order chi connectivity index (χ1) is 10.6. The highest BCUT2D eigenvalue weighted by Gasteiger charge is 2.14. The van der Waals surface area contributed by atoms with Gasteiger partial charge in [0.05, 0.1) is 6.10 Å². The van der Waals surface area contributed by atoms with Crippen LogP contribution in [0.2, 0.25) is 0 Å². The van der Waals surface area contributed by atoms with E-state index in [-0.39, 0.29) is 5.82 Å². The highest BCUT2D eigenvalue weighted by atomic mass is 32.2. The molecule has 1 N–H and O–H groups in total.